The highest BCUT2D eigenvalue weighted by Gasteiger charge is 2.46. The van der Waals surface area contributed by atoms with Crippen LogP contribution in [0.5, 0.6) is 0 Å². The number of nitrogens with zero attached hydrogens (tertiary/aromatic N) is 2. The molecular weight excluding hydrogens is 428 g/mol. The largest absolute Gasteiger partial charge is 0.438 e. The molecule has 0 radical (unpaired) electrons. The lowest BCUT2D eigenvalue weighted by molar-refractivity contribution is -0.0746. The maximum Gasteiger partial charge on any atom is 0.411 e. The van der Waals surface area contributed by atoms with E-state index >= 15 is 0 Å². The molecule has 182 valence electrons. The Bertz CT molecular complexity index is 1140. The Balaban J connectivity index is 1.81. The highest BCUT2D eigenvalue weighted by Crippen LogP contribution is 2.40. The number of aromatic nitrogens is 1. The fraction of sp³-hybridized carbons (Fsp3) is 0.429. The van der Waals surface area contributed by atoms with Gasteiger partial charge in [0, 0.05) is 38.7 Å². The standard InChI is InChI=1S/C28H36N2O4/c1-7-9-24(8-2)28(19-27(4,5)33)15-17-30(26(32)34-28)20(3)21-10-12-22(13-11-21)23-14-16-29(6)25(31)18-23/h7-14,16,18,20,33H,15,17,19H2,1-6H3. The summed E-state index contributed by atoms with van der Waals surface area (Å²) in [7, 11) is 1.72. The van der Waals surface area contributed by atoms with E-state index in [1.54, 1.807) is 38.1 Å². The average molecular weight is 465 g/mol. The van der Waals surface area contributed by atoms with Crippen molar-refractivity contribution in [2.24, 2.45) is 7.05 Å². The quantitative estimate of drug-likeness (QED) is 0.559. The van der Waals surface area contributed by atoms with Gasteiger partial charge >= 0.3 is 6.09 Å². The molecule has 3 rings (SSSR count). The van der Waals surface area contributed by atoms with Crippen LogP contribution in [-0.4, -0.2) is 38.4 Å². The predicted molar refractivity (Wildman–Crippen MR) is 136 cm³/mol. The SMILES string of the molecule is CC=CC(=CC)C1(CC(C)(C)O)CCN(C(C)c2ccc(-c3ccn(C)c(=O)c3)cc2)C(=O)O1. The second-order valence-electron chi connectivity index (χ2n) is 9.70. The smallest absolute Gasteiger partial charge is 0.411 e. The molecule has 0 saturated carbocycles. The first-order valence-electron chi connectivity index (χ1n) is 11.8. The van der Waals surface area contributed by atoms with E-state index in [0.29, 0.717) is 19.4 Å². The Labute approximate surface area is 202 Å². The molecule has 2 aromatic rings. The normalized spacial score (nSPS) is 20.5. The minimum atomic E-state index is -0.988. The zero-order chi connectivity index (χ0) is 25.1. The highest BCUT2D eigenvalue weighted by molar-refractivity contribution is 5.71. The van der Waals surface area contributed by atoms with Crippen molar-refractivity contribution in [2.45, 2.75) is 64.7 Å². The number of amides is 1. The van der Waals surface area contributed by atoms with Crippen LogP contribution >= 0.6 is 0 Å². The number of hydrogen-bond acceptors (Lipinski definition) is 4. The molecule has 1 aliphatic heterocycles. The van der Waals surface area contributed by atoms with Gasteiger partial charge in [-0.15, -0.1) is 0 Å². The summed E-state index contributed by atoms with van der Waals surface area (Å²) in [5.41, 5.74) is 1.78. The van der Waals surface area contributed by atoms with Crippen molar-refractivity contribution >= 4 is 6.09 Å². The average Bonchev–Trinajstić information content (AvgIpc) is 2.78. The van der Waals surface area contributed by atoms with Crippen molar-refractivity contribution in [2.75, 3.05) is 6.54 Å². The molecule has 1 aromatic carbocycles. The van der Waals surface area contributed by atoms with Crippen LogP contribution in [0.2, 0.25) is 0 Å². The van der Waals surface area contributed by atoms with Crippen LogP contribution in [-0.2, 0) is 11.8 Å². The van der Waals surface area contributed by atoms with Gasteiger partial charge in [0.15, 0.2) is 0 Å². The number of carbonyl (C=O) groups excluding carboxylic acids is 1. The summed E-state index contributed by atoms with van der Waals surface area (Å²) in [5.74, 6) is 0. The monoisotopic (exact) mass is 464 g/mol. The number of aryl methyl sites for hydroxylation is 1. The van der Waals surface area contributed by atoms with Crippen LogP contribution in [0.1, 0.15) is 59.1 Å². The van der Waals surface area contributed by atoms with Gasteiger partial charge in [0.05, 0.1) is 11.6 Å². The summed E-state index contributed by atoms with van der Waals surface area (Å²) >= 11 is 0. The fourth-order valence-corrected chi connectivity index (χ4v) is 4.70. The number of ether oxygens (including phenoxy) is 1. The van der Waals surface area contributed by atoms with Gasteiger partial charge in [0.2, 0.25) is 0 Å². The van der Waals surface area contributed by atoms with Gasteiger partial charge in [0.1, 0.15) is 5.60 Å². The summed E-state index contributed by atoms with van der Waals surface area (Å²) in [6.07, 6.45) is 8.11. The molecule has 0 aliphatic carbocycles. The molecule has 0 spiro atoms. The minimum Gasteiger partial charge on any atom is -0.438 e. The molecule has 34 heavy (non-hydrogen) atoms. The number of allylic oxidation sites excluding steroid dienone is 2. The molecule has 2 heterocycles. The Morgan fingerprint density at radius 2 is 1.85 bits per heavy atom. The molecule has 6 nitrogen and oxygen atoms in total. The van der Waals surface area contributed by atoms with Gasteiger partial charge in [-0.25, -0.2) is 4.79 Å². The Morgan fingerprint density at radius 1 is 1.18 bits per heavy atom. The maximum atomic E-state index is 13.2. The van der Waals surface area contributed by atoms with Crippen molar-refractivity contribution in [3.63, 3.8) is 0 Å². The lowest BCUT2D eigenvalue weighted by Gasteiger charge is -2.46. The molecular formula is C28H36N2O4. The summed E-state index contributed by atoms with van der Waals surface area (Å²) in [5, 5.41) is 10.6. The number of pyridine rings is 1. The lowest BCUT2D eigenvalue weighted by Crippen LogP contribution is -2.53. The fourth-order valence-electron chi connectivity index (χ4n) is 4.70. The molecule has 1 fully saturated rings. The molecule has 2 unspecified atom stereocenters. The topological polar surface area (TPSA) is 71.8 Å². The van der Waals surface area contributed by atoms with E-state index in [1.807, 2.05) is 69.3 Å². The van der Waals surface area contributed by atoms with E-state index in [4.69, 9.17) is 4.74 Å². The number of cyclic esters (lactones) is 1. The van der Waals surface area contributed by atoms with E-state index < -0.39 is 11.2 Å². The first kappa shape index (κ1) is 25.5. The van der Waals surface area contributed by atoms with E-state index in [9.17, 15) is 14.7 Å². The molecule has 1 aliphatic rings. The number of aliphatic hydroxyl groups is 1. The van der Waals surface area contributed by atoms with Crippen molar-refractivity contribution < 1.29 is 14.6 Å². The van der Waals surface area contributed by atoms with Crippen molar-refractivity contribution in [1.29, 1.82) is 0 Å². The van der Waals surface area contributed by atoms with E-state index in [-0.39, 0.29) is 17.7 Å². The summed E-state index contributed by atoms with van der Waals surface area (Å²) < 4.78 is 7.64. The van der Waals surface area contributed by atoms with Crippen LogP contribution < -0.4 is 5.56 Å². The second kappa shape index (κ2) is 10.0. The summed E-state index contributed by atoms with van der Waals surface area (Å²) in [4.78, 5) is 26.9. The van der Waals surface area contributed by atoms with Crippen LogP contribution in [0.25, 0.3) is 11.1 Å². The van der Waals surface area contributed by atoms with Gasteiger partial charge in [-0.05, 0) is 62.9 Å². The Kier molecular flexibility index (Phi) is 7.51. The Hall–Kier alpha value is -3.12. The number of benzene rings is 1. The van der Waals surface area contributed by atoms with Crippen LogP contribution in [0.15, 0.2) is 71.2 Å². The van der Waals surface area contributed by atoms with Gasteiger partial charge in [0.25, 0.3) is 5.56 Å². The van der Waals surface area contributed by atoms with E-state index in [0.717, 1.165) is 22.3 Å². The maximum absolute atomic E-state index is 13.2. The molecule has 1 amide bonds. The first-order chi connectivity index (χ1) is 16.0. The van der Waals surface area contributed by atoms with Crippen molar-refractivity contribution in [3.05, 3.63) is 82.3 Å². The summed E-state index contributed by atoms with van der Waals surface area (Å²) in [6, 6.07) is 11.3. The van der Waals surface area contributed by atoms with Gasteiger partial charge < -0.3 is 19.3 Å². The van der Waals surface area contributed by atoms with Crippen molar-refractivity contribution in [3.8, 4) is 11.1 Å². The Morgan fingerprint density at radius 3 is 2.38 bits per heavy atom. The number of hydrogen-bond donors (Lipinski definition) is 1. The van der Waals surface area contributed by atoms with Crippen LogP contribution in [0, 0.1) is 0 Å². The lowest BCUT2D eigenvalue weighted by atomic mass is 9.79. The van der Waals surface area contributed by atoms with Crippen LogP contribution in [0.3, 0.4) is 0 Å². The zero-order valence-corrected chi connectivity index (χ0v) is 21.0. The third kappa shape index (κ3) is 5.50. The van der Waals surface area contributed by atoms with Crippen molar-refractivity contribution in [1.82, 2.24) is 9.47 Å². The third-order valence-electron chi connectivity index (χ3n) is 6.47. The van der Waals surface area contributed by atoms with Crippen LogP contribution in [0.4, 0.5) is 4.79 Å². The second-order valence-corrected chi connectivity index (χ2v) is 9.70. The highest BCUT2D eigenvalue weighted by atomic mass is 16.6. The van der Waals surface area contributed by atoms with Gasteiger partial charge in [-0.2, -0.15) is 0 Å². The number of carbonyl (C=O) groups is 1. The summed E-state index contributed by atoms with van der Waals surface area (Å²) in [6.45, 7) is 9.84. The van der Waals surface area contributed by atoms with Gasteiger partial charge in [-0.3, -0.25) is 4.79 Å². The van der Waals surface area contributed by atoms with E-state index in [2.05, 4.69) is 0 Å². The molecule has 2 atom stereocenters. The first-order valence-corrected chi connectivity index (χ1v) is 11.8. The molecule has 0 bridgehead atoms. The third-order valence-corrected chi connectivity index (χ3v) is 6.47. The molecule has 1 saturated heterocycles. The van der Waals surface area contributed by atoms with Gasteiger partial charge in [-0.1, -0.05) is 42.5 Å². The molecule has 1 aromatic heterocycles. The molecule has 6 heteroatoms. The minimum absolute atomic E-state index is 0.0565. The predicted octanol–water partition coefficient (Wildman–Crippen LogP) is 5.38. The zero-order valence-electron chi connectivity index (χ0n) is 21.0. The number of rotatable bonds is 7. The molecule has 1 N–H and O–H groups in total. The van der Waals surface area contributed by atoms with E-state index in [1.165, 1.54) is 4.57 Å².